The Labute approximate surface area is 81.9 Å². The molecule has 0 radical (unpaired) electrons. The second kappa shape index (κ2) is 4.28. The summed E-state index contributed by atoms with van der Waals surface area (Å²) in [4.78, 5) is 11.3. The average Bonchev–Trinajstić information content (AvgIpc) is 2.18. The fourth-order valence-electron chi connectivity index (χ4n) is 1.04. The van der Waals surface area contributed by atoms with E-state index >= 15 is 0 Å². The summed E-state index contributed by atoms with van der Waals surface area (Å²) in [5.41, 5.74) is 7.20. The van der Waals surface area contributed by atoms with E-state index in [0.717, 1.165) is 5.56 Å². The van der Waals surface area contributed by atoms with Crippen LogP contribution >= 0.6 is 0 Å². The molecule has 0 aliphatic rings. The Kier molecular flexibility index (Phi) is 3.08. The molecule has 72 valence electrons. The van der Waals surface area contributed by atoms with Gasteiger partial charge in [-0.2, -0.15) is 5.26 Å². The maximum absolute atomic E-state index is 11.3. The van der Waals surface area contributed by atoms with Crippen LogP contribution in [0.15, 0.2) is 18.2 Å². The molecule has 0 aliphatic carbocycles. The molecule has 4 nitrogen and oxygen atoms in total. The van der Waals surface area contributed by atoms with E-state index in [2.05, 4.69) is 4.74 Å². The number of nitrogen functional groups attached to an aromatic ring is 1. The van der Waals surface area contributed by atoms with Crippen LogP contribution in [0, 0.1) is 18.3 Å². The van der Waals surface area contributed by atoms with Crippen molar-refractivity contribution in [2.45, 2.75) is 6.92 Å². The Morgan fingerprint density at radius 2 is 2.36 bits per heavy atom. The lowest BCUT2D eigenvalue weighted by atomic mass is 10.1. The quantitative estimate of drug-likeness (QED) is 0.562. The monoisotopic (exact) mass is 190 g/mol. The third-order valence-electron chi connectivity index (χ3n) is 1.75. The zero-order valence-electron chi connectivity index (χ0n) is 7.78. The molecule has 0 aromatic heterocycles. The number of benzene rings is 1. The van der Waals surface area contributed by atoms with E-state index in [9.17, 15) is 4.79 Å². The maximum atomic E-state index is 11.3. The topological polar surface area (TPSA) is 76.1 Å². The average molecular weight is 190 g/mol. The maximum Gasteiger partial charge on any atom is 0.339 e. The molecule has 0 spiro atoms. The molecule has 0 unspecified atom stereocenters. The Hall–Kier alpha value is -2.02. The van der Waals surface area contributed by atoms with Gasteiger partial charge in [-0.1, -0.05) is 6.07 Å². The molecular formula is C10H10N2O2. The van der Waals surface area contributed by atoms with Gasteiger partial charge in [0.1, 0.15) is 6.07 Å². The summed E-state index contributed by atoms with van der Waals surface area (Å²) in [6, 6.07) is 6.70. The van der Waals surface area contributed by atoms with E-state index in [1.807, 2.05) is 0 Å². The number of hydrogen-bond donors (Lipinski definition) is 1. The Balaban J connectivity index is 2.90. The first kappa shape index (κ1) is 10.1. The number of rotatable bonds is 2. The molecule has 0 heterocycles. The zero-order chi connectivity index (χ0) is 10.6. The second-order valence-electron chi connectivity index (χ2n) is 2.81. The SMILES string of the molecule is Cc1ccc(N)cc1C(=O)OCC#N. The van der Waals surface area contributed by atoms with Gasteiger partial charge < -0.3 is 10.5 Å². The van der Waals surface area contributed by atoms with Crippen molar-refractivity contribution in [3.8, 4) is 6.07 Å². The molecule has 0 amide bonds. The number of esters is 1. The molecular weight excluding hydrogens is 180 g/mol. The first-order valence-electron chi connectivity index (χ1n) is 4.05. The van der Waals surface area contributed by atoms with Crippen LogP contribution in [0.4, 0.5) is 5.69 Å². The molecule has 1 rings (SSSR count). The van der Waals surface area contributed by atoms with E-state index < -0.39 is 5.97 Å². The molecule has 1 aromatic rings. The highest BCUT2D eigenvalue weighted by molar-refractivity contribution is 5.92. The lowest BCUT2D eigenvalue weighted by Crippen LogP contribution is -2.07. The number of ether oxygens (including phenoxy) is 1. The predicted octanol–water partition coefficient (Wildman–Crippen LogP) is 1.26. The summed E-state index contributed by atoms with van der Waals surface area (Å²) in [5.74, 6) is -0.517. The number of carbonyl (C=O) groups excluding carboxylic acids is 1. The highest BCUT2D eigenvalue weighted by atomic mass is 16.5. The van der Waals surface area contributed by atoms with Gasteiger partial charge in [-0.3, -0.25) is 0 Å². The lowest BCUT2D eigenvalue weighted by molar-refractivity contribution is 0.0554. The third-order valence-corrected chi connectivity index (χ3v) is 1.75. The summed E-state index contributed by atoms with van der Waals surface area (Å²) >= 11 is 0. The Bertz CT molecular complexity index is 394. The van der Waals surface area contributed by atoms with E-state index in [-0.39, 0.29) is 6.61 Å². The second-order valence-corrected chi connectivity index (χ2v) is 2.81. The van der Waals surface area contributed by atoms with Crippen LogP contribution in [-0.4, -0.2) is 12.6 Å². The number of nitrogens with two attached hydrogens (primary N) is 1. The van der Waals surface area contributed by atoms with Crippen LogP contribution in [0.5, 0.6) is 0 Å². The normalized spacial score (nSPS) is 9.14. The van der Waals surface area contributed by atoms with Crippen molar-refractivity contribution < 1.29 is 9.53 Å². The number of nitrogens with zero attached hydrogens (tertiary/aromatic N) is 1. The summed E-state index contributed by atoms with van der Waals surface area (Å²) in [7, 11) is 0. The van der Waals surface area contributed by atoms with Crippen LogP contribution in [0.2, 0.25) is 0 Å². The van der Waals surface area contributed by atoms with Gasteiger partial charge in [0, 0.05) is 5.69 Å². The van der Waals surface area contributed by atoms with E-state index in [1.54, 1.807) is 25.1 Å². The number of aryl methyl sites for hydroxylation is 1. The number of anilines is 1. The zero-order valence-corrected chi connectivity index (χ0v) is 7.78. The minimum absolute atomic E-state index is 0.243. The first-order chi connectivity index (χ1) is 6.65. The van der Waals surface area contributed by atoms with E-state index in [0.29, 0.717) is 11.3 Å². The minimum Gasteiger partial charge on any atom is -0.447 e. The predicted molar refractivity (Wildman–Crippen MR) is 51.5 cm³/mol. The number of hydrogen-bond acceptors (Lipinski definition) is 4. The van der Waals surface area contributed by atoms with E-state index in [1.165, 1.54) is 6.07 Å². The molecule has 14 heavy (non-hydrogen) atoms. The van der Waals surface area contributed by atoms with Crippen molar-refractivity contribution >= 4 is 11.7 Å². The molecule has 0 fully saturated rings. The van der Waals surface area contributed by atoms with Gasteiger partial charge in [-0.05, 0) is 24.6 Å². The molecule has 4 heteroatoms. The molecule has 0 atom stereocenters. The van der Waals surface area contributed by atoms with E-state index in [4.69, 9.17) is 11.0 Å². The van der Waals surface area contributed by atoms with Crippen molar-refractivity contribution in [3.05, 3.63) is 29.3 Å². The number of nitriles is 1. The van der Waals surface area contributed by atoms with Crippen LogP contribution in [0.3, 0.4) is 0 Å². The van der Waals surface area contributed by atoms with Crippen molar-refractivity contribution in [2.75, 3.05) is 12.3 Å². The van der Waals surface area contributed by atoms with Crippen molar-refractivity contribution in [1.29, 1.82) is 5.26 Å². The highest BCUT2D eigenvalue weighted by Gasteiger charge is 2.10. The largest absolute Gasteiger partial charge is 0.447 e. The Morgan fingerprint density at radius 1 is 1.64 bits per heavy atom. The fraction of sp³-hybridized carbons (Fsp3) is 0.200. The van der Waals surface area contributed by atoms with Crippen molar-refractivity contribution in [1.82, 2.24) is 0 Å². The van der Waals surface area contributed by atoms with Gasteiger partial charge in [0.2, 0.25) is 0 Å². The van der Waals surface area contributed by atoms with Gasteiger partial charge in [0.15, 0.2) is 6.61 Å². The van der Waals surface area contributed by atoms with Gasteiger partial charge in [-0.25, -0.2) is 4.79 Å². The molecule has 0 aliphatic heterocycles. The van der Waals surface area contributed by atoms with Crippen molar-refractivity contribution in [2.24, 2.45) is 0 Å². The van der Waals surface area contributed by atoms with Gasteiger partial charge in [0.05, 0.1) is 5.56 Å². The van der Waals surface area contributed by atoms with Gasteiger partial charge in [-0.15, -0.1) is 0 Å². The summed E-state index contributed by atoms with van der Waals surface area (Å²) in [6.07, 6.45) is 0. The van der Waals surface area contributed by atoms with Crippen molar-refractivity contribution in [3.63, 3.8) is 0 Å². The third kappa shape index (κ3) is 2.23. The molecule has 1 aromatic carbocycles. The van der Waals surface area contributed by atoms with Crippen LogP contribution in [0.25, 0.3) is 0 Å². The van der Waals surface area contributed by atoms with Crippen LogP contribution < -0.4 is 5.73 Å². The summed E-state index contributed by atoms with van der Waals surface area (Å²) < 4.78 is 4.66. The first-order valence-corrected chi connectivity index (χ1v) is 4.05. The minimum atomic E-state index is -0.517. The van der Waals surface area contributed by atoms with Gasteiger partial charge in [0.25, 0.3) is 0 Å². The van der Waals surface area contributed by atoms with Gasteiger partial charge >= 0.3 is 5.97 Å². The summed E-state index contributed by atoms with van der Waals surface area (Å²) in [5, 5.41) is 8.23. The lowest BCUT2D eigenvalue weighted by Gasteiger charge is -2.04. The van der Waals surface area contributed by atoms with Crippen LogP contribution in [-0.2, 0) is 4.74 Å². The molecule has 0 saturated heterocycles. The highest BCUT2D eigenvalue weighted by Crippen LogP contribution is 2.13. The summed E-state index contributed by atoms with van der Waals surface area (Å²) in [6.45, 7) is 1.54. The fourth-order valence-corrected chi connectivity index (χ4v) is 1.04. The number of carbonyl (C=O) groups is 1. The standard InChI is InChI=1S/C10H10N2O2/c1-7-2-3-8(12)6-9(7)10(13)14-5-4-11/h2-3,6H,5,12H2,1H3. The molecule has 0 saturated carbocycles. The van der Waals surface area contributed by atoms with Crippen LogP contribution in [0.1, 0.15) is 15.9 Å². The molecule has 2 N–H and O–H groups in total. The molecule has 0 bridgehead atoms. The Morgan fingerprint density at radius 3 is 3.00 bits per heavy atom. The smallest absolute Gasteiger partial charge is 0.339 e.